The van der Waals surface area contributed by atoms with Gasteiger partial charge in [-0.05, 0) is 30.5 Å². The number of hydrogen-bond donors (Lipinski definition) is 1. The summed E-state index contributed by atoms with van der Waals surface area (Å²) in [6.45, 7) is 0.206. The number of benzene rings is 1. The molecule has 1 aromatic carbocycles. The monoisotopic (exact) mass is 386 g/mol. The van der Waals surface area contributed by atoms with E-state index in [0.29, 0.717) is 23.2 Å². The second-order valence-corrected chi connectivity index (χ2v) is 7.75. The number of carboxylic acids is 1. The summed E-state index contributed by atoms with van der Waals surface area (Å²) in [6.07, 6.45) is 9.51. The molecule has 28 heavy (non-hydrogen) atoms. The molecule has 1 atom stereocenters. The molecule has 0 bridgehead atoms. The van der Waals surface area contributed by atoms with E-state index < -0.39 is 5.97 Å². The molecule has 2 aromatic rings. The Labute approximate surface area is 164 Å². The fraction of sp³-hybridized carbons (Fsp3) is 0.571. The molecular weight excluding hydrogens is 360 g/mol. The van der Waals surface area contributed by atoms with E-state index >= 15 is 0 Å². The van der Waals surface area contributed by atoms with E-state index in [1.54, 1.807) is 0 Å². The molecule has 1 aliphatic carbocycles. The summed E-state index contributed by atoms with van der Waals surface area (Å²) in [6, 6.07) is 5.47. The molecule has 7 heteroatoms. The second kappa shape index (κ2) is 8.63. The van der Waals surface area contributed by atoms with Crippen molar-refractivity contribution in [1.82, 2.24) is 10.1 Å². The Kier molecular flexibility index (Phi) is 5.78. The summed E-state index contributed by atoms with van der Waals surface area (Å²) in [5.74, 6) is 1.87. The van der Waals surface area contributed by atoms with Gasteiger partial charge in [-0.2, -0.15) is 4.98 Å². The Morgan fingerprint density at radius 3 is 2.82 bits per heavy atom. The van der Waals surface area contributed by atoms with Crippen LogP contribution in [0.5, 0.6) is 11.5 Å². The highest BCUT2D eigenvalue weighted by atomic mass is 16.7. The predicted octanol–water partition coefficient (Wildman–Crippen LogP) is 4.77. The maximum Gasteiger partial charge on any atom is 0.304 e. The van der Waals surface area contributed by atoms with Crippen LogP contribution in [0.25, 0.3) is 11.4 Å². The van der Waals surface area contributed by atoms with Crippen molar-refractivity contribution in [3.05, 3.63) is 24.1 Å². The fourth-order valence-electron chi connectivity index (χ4n) is 4.21. The highest BCUT2D eigenvalue weighted by Crippen LogP contribution is 2.36. The van der Waals surface area contributed by atoms with Crippen LogP contribution in [-0.4, -0.2) is 28.0 Å². The normalized spacial score (nSPS) is 17.6. The van der Waals surface area contributed by atoms with Gasteiger partial charge in [-0.15, -0.1) is 0 Å². The molecule has 2 aliphatic rings. The van der Waals surface area contributed by atoms with E-state index in [1.807, 2.05) is 18.2 Å². The zero-order valence-corrected chi connectivity index (χ0v) is 15.9. The molecule has 1 saturated carbocycles. The minimum absolute atomic E-state index is 0.00738. The SMILES string of the molecule is O=C(O)C[C@@H](CCCC1CCCCC1)c1nc(-c2ccc3c(c2)OCO3)no1. The zero-order chi connectivity index (χ0) is 19.3. The molecule has 1 fully saturated rings. The lowest BCUT2D eigenvalue weighted by atomic mass is 9.84. The van der Waals surface area contributed by atoms with E-state index in [-0.39, 0.29) is 19.1 Å². The summed E-state index contributed by atoms with van der Waals surface area (Å²) >= 11 is 0. The molecule has 1 N–H and O–H groups in total. The number of fused-ring (bicyclic) bond motifs is 1. The summed E-state index contributed by atoms with van der Waals surface area (Å²) in [7, 11) is 0. The molecule has 4 rings (SSSR count). The Morgan fingerprint density at radius 1 is 1.18 bits per heavy atom. The molecule has 150 valence electrons. The topological polar surface area (TPSA) is 94.7 Å². The number of carboxylic acid groups (broad SMARTS) is 1. The maximum absolute atomic E-state index is 11.3. The van der Waals surface area contributed by atoms with Gasteiger partial charge in [-0.1, -0.05) is 50.1 Å². The lowest BCUT2D eigenvalue weighted by Crippen LogP contribution is -2.09. The minimum atomic E-state index is -0.842. The Balaban J connectivity index is 1.42. The van der Waals surface area contributed by atoms with Gasteiger partial charge >= 0.3 is 5.97 Å². The van der Waals surface area contributed by atoms with Crippen molar-refractivity contribution in [2.24, 2.45) is 5.92 Å². The van der Waals surface area contributed by atoms with Crippen LogP contribution in [0.2, 0.25) is 0 Å². The lowest BCUT2D eigenvalue weighted by molar-refractivity contribution is -0.137. The van der Waals surface area contributed by atoms with Crippen LogP contribution >= 0.6 is 0 Å². The van der Waals surface area contributed by atoms with Crippen molar-refractivity contribution in [3.63, 3.8) is 0 Å². The van der Waals surface area contributed by atoms with Gasteiger partial charge in [0.1, 0.15) is 0 Å². The first kappa shape index (κ1) is 18.8. The highest BCUT2D eigenvalue weighted by Gasteiger charge is 2.24. The van der Waals surface area contributed by atoms with Crippen LogP contribution in [0, 0.1) is 5.92 Å². The number of rotatable bonds is 8. The van der Waals surface area contributed by atoms with Crippen molar-refractivity contribution in [3.8, 4) is 22.9 Å². The predicted molar refractivity (Wildman–Crippen MR) is 101 cm³/mol. The van der Waals surface area contributed by atoms with E-state index in [2.05, 4.69) is 10.1 Å². The average molecular weight is 386 g/mol. The van der Waals surface area contributed by atoms with Gasteiger partial charge in [0, 0.05) is 11.5 Å². The maximum atomic E-state index is 11.3. The number of carbonyl (C=O) groups is 1. The van der Waals surface area contributed by atoms with Gasteiger partial charge in [0.05, 0.1) is 6.42 Å². The molecule has 0 amide bonds. The van der Waals surface area contributed by atoms with Gasteiger partial charge in [-0.25, -0.2) is 0 Å². The van der Waals surface area contributed by atoms with E-state index in [1.165, 1.54) is 32.1 Å². The first-order valence-electron chi connectivity index (χ1n) is 10.1. The van der Waals surface area contributed by atoms with Gasteiger partial charge in [0.25, 0.3) is 0 Å². The van der Waals surface area contributed by atoms with E-state index in [9.17, 15) is 9.90 Å². The lowest BCUT2D eigenvalue weighted by Gasteiger charge is -2.21. The fourth-order valence-corrected chi connectivity index (χ4v) is 4.21. The van der Waals surface area contributed by atoms with Crippen molar-refractivity contribution in [2.45, 2.75) is 63.7 Å². The number of hydrogen-bond acceptors (Lipinski definition) is 6. The Morgan fingerprint density at radius 2 is 2.00 bits per heavy atom. The number of ether oxygens (including phenoxy) is 2. The Bertz CT molecular complexity index is 813. The van der Waals surface area contributed by atoms with E-state index in [0.717, 1.165) is 30.7 Å². The molecular formula is C21H26N2O5. The third-order valence-electron chi connectivity index (χ3n) is 5.73. The first-order chi connectivity index (χ1) is 13.7. The van der Waals surface area contributed by atoms with Crippen molar-refractivity contribution < 1.29 is 23.9 Å². The molecule has 7 nitrogen and oxygen atoms in total. The molecule has 0 unspecified atom stereocenters. The largest absolute Gasteiger partial charge is 0.481 e. The molecule has 0 radical (unpaired) electrons. The highest BCUT2D eigenvalue weighted by molar-refractivity contribution is 5.68. The standard InChI is InChI=1S/C21H26N2O5/c24-19(25)12-16(8-4-7-14-5-2-1-3-6-14)21-22-20(23-28-21)15-9-10-17-18(11-15)27-13-26-17/h9-11,14,16H,1-8,12-13H2,(H,24,25)/t16-/m1/s1. The minimum Gasteiger partial charge on any atom is -0.481 e. The summed E-state index contributed by atoms with van der Waals surface area (Å²) in [5, 5.41) is 13.4. The summed E-state index contributed by atoms with van der Waals surface area (Å²) in [4.78, 5) is 15.8. The van der Waals surface area contributed by atoms with Crippen LogP contribution in [-0.2, 0) is 4.79 Å². The van der Waals surface area contributed by atoms with Gasteiger partial charge in [0.15, 0.2) is 11.5 Å². The van der Waals surface area contributed by atoms with Crippen LogP contribution in [0.15, 0.2) is 22.7 Å². The smallest absolute Gasteiger partial charge is 0.304 e. The van der Waals surface area contributed by atoms with Gasteiger partial charge in [0.2, 0.25) is 18.5 Å². The zero-order valence-electron chi connectivity index (χ0n) is 15.9. The van der Waals surface area contributed by atoms with Crippen LogP contribution in [0.4, 0.5) is 0 Å². The van der Waals surface area contributed by atoms with Crippen LogP contribution in [0.3, 0.4) is 0 Å². The van der Waals surface area contributed by atoms with Crippen LogP contribution in [0.1, 0.15) is 69.6 Å². The third-order valence-corrected chi connectivity index (χ3v) is 5.73. The number of nitrogens with zero attached hydrogens (tertiary/aromatic N) is 2. The van der Waals surface area contributed by atoms with Crippen molar-refractivity contribution >= 4 is 5.97 Å². The molecule has 1 aliphatic heterocycles. The third kappa shape index (κ3) is 4.46. The second-order valence-electron chi connectivity index (χ2n) is 7.75. The number of aromatic nitrogens is 2. The van der Waals surface area contributed by atoms with E-state index in [4.69, 9.17) is 14.0 Å². The molecule has 2 heterocycles. The van der Waals surface area contributed by atoms with Crippen LogP contribution < -0.4 is 9.47 Å². The van der Waals surface area contributed by atoms with Crippen molar-refractivity contribution in [1.29, 1.82) is 0 Å². The molecule has 0 saturated heterocycles. The average Bonchev–Trinajstić information content (AvgIpc) is 3.36. The van der Waals surface area contributed by atoms with Gasteiger partial charge < -0.3 is 19.1 Å². The Hall–Kier alpha value is -2.57. The quantitative estimate of drug-likeness (QED) is 0.698. The van der Waals surface area contributed by atoms with Crippen molar-refractivity contribution in [2.75, 3.05) is 6.79 Å². The first-order valence-corrected chi connectivity index (χ1v) is 10.1. The molecule has 0 spiro atoms. The summed E-state index contributed by atoms with van der Waals surface area (Å²) < 4.78 is 16.2. The summed E-state index contributed by atoms with van der Waals surface area (Å²) in [5.41, 5.74) is 0.760. The number of aliphatic carboxylic acids is 1. The van der Waals surface area contributed by atoms with Gasteiger partial charge in [-0.3, -0.25) is 4.79 Å². The molecule has 1 aromatic heterocycles.